The van der Waals surface area contributed by atoms with Crippen molar-refractivity contribution in [2.24, 2.45) is 11.1 Å². The van der Waals surface area contributed by atoms with Gasteiger partial charge < -0.3 is 9.74 Å². The van der Waals surface area contributed by atoms with Crippen LogP contribution in [0.3, 0.4) is 0 Å². The molecule has 0 saturated carbocycles. The summed E-state index contributed by atoms with van der Waals surface area (Å²) in [6.45, 7) is 1.37. The van der Waals surface area contributed by atoms with Gasteiger partial charge in [-0.05, 0) is 78.7 Å². The number of hydrogen-bond acceptors (Lipinski definition) is 5. The van der Waals surface area contributed by atoms with Crippen LogP contribution in [0.1, 0.15) is 54.0 Å². The molecule has 9 heteroatoms. The van der Waals surface area contributed by atoms with Gasteiger partial charge in [-0.3, -0.25) is 9.78 Å². The van der Waals surface area contributed by atoms with E-state index in [4.69, 9.17) is 37.1 Å². The maximum Gasteiger partial charge on any atom is 0.263 e. The lowest BCUT2D eigenvalue weighted by Crippen LogP contribution is -2.42. The second-order valence-electron chi connectivity index (χ2n) is 9.62. The predicted octanol–water partition coefficient (Wildman–Crippen LogP) is 2.69. The number of carbonyl (C=O) groups is 1. The third-order valence-corrected chi connectivity index (χ3v) is 8.57. The van der Waals surface area contributed by atoms with E-state index < -0.39 is 0 Å². The van der Waals surface area contributed by atoms with E-state index in [1.807, 2.05) is 34.9 Å². The Labute approximate surface area is 219 Å². The van der Waals surface area contributed by atoms with Crippen LogP contribution in [0.4, 0.5) is 0 Å². The van der Waals surface area contributed by atoms with Crippen LogP contribution in [0.2, 0.25) is 5.02 Å². The molecule has 5 nitrogen and oxygen atoms in total. The Morgan fingerprint density at radius 1 is 1.11 bits per heavy atom. The summed E-state index contributed by atoms with van der Waals surface area (Å²) in [7, 11) is 12.6. The Morgan fingerprint density at radius 2 is 1.86 bits per heavy atom. The number of hydrogen-bond donors (Lipinski definition) is 0. The van der Waals surface area contributed by atoms with Crippen molar-refractivity contribution in [3.63, 3.8) is 0 Å². The number of likely N-dealkylation sites (tertiary alicyclic amines) is 1. The lowest BCUT2D eigenvalue weighted by molar-refractivity contribution is -0.137. The van der Waals surface area contributed by atoms with Gasteiger partial charge >= 0.3 is 0 Å². The first-order chi connectivity index (χ1) is 17.0. The minimum Gasteiger partial charge on any atom is -0.386 e. The molecule has 5 rings (SSSR count). The molecule has 0 unspecified atom stereocenters. The summed E-state index contributed by atoms with van der Waals surface area (Å²) < 4.78 is 0. The first-order valence-electron chi connectivity index (χ1n) is 12.3. The van der Waals surface area contributed by atoms with Crippen molar-refractivity contribution in [2.75, 3.05) is 31.2 Å². The first kappa shape index (κ1) is 24.8. The number of rotatable bonds is 4. The Bertz CT molecular complexity index is 1130. The molecule has 4 radical (unpaired) electrons. The molecule has 1 aliphatic carbocycles. The van der Waals surface area contributed by atoms with Crippen molar-refractivity contribution in [3.05, 3.63) is 51.8 Å². The number of aryl methyl sites for hydroxylation is 2. The van der Waals surface area contributed by atoms with Gasteiger partial charge in [-0.25, -0.2) is 0 Å². The molecule has 1 aromatic carbocycles. The summed E-state index contributed by atoms with van der Waals surface area (Å²) in [5, 5.41) is 4.86. The van der Waals surface area contributed by atoms with Crippen LogP contribution >= 0.6 is 23.4 Å². The van der Waals surface area contributed by atoms with E-state index in [0.29, 0.717) is 29.5 Å². The molecule has 3 aliphatic rings. The van der Waals surface area contributed by atoms with Gasteiger partial charge in [-0.1, -0.05) is 39.8 Å². The van der Waals surface area contributed by atoms with Gasteiger partial charge in [-0.15, -0.1) is 0 Å². The average molecular weight is 504 g/mol. The van der Waals surface area contributed by atoms with Crippen molar-refractivity contribution >= 4 is 61.6 Å². The summed E-state index contributed by atoms with van der Waals surface area (Å²) in [6.07, 6.45) is 7.08. The zero-order valence-electron chi connectivity index (χ0n) is 19.8. The highest BCUT2D eigenvalue weighted by Crippen LogP contribution is 2.41. The molecular weight excluding hydrogens is 475 g/mol. The molecule has 2 aromatic rings. The normalized spacial score (nSPS) is 20.5. The largest absolute Gasteiger partial charge is 0.386 e. The highest BCUT2D eigenvalue weighted by atomic mass is 35.5. The number of benzene rings is 1. The third-order valence-electron chi connectivity index (χ3n) is 7.37. The zero-order valence-corrected chi connectivity index (χ0v) is 21.4. The predicted molar refractivity (Wildman–Crippen MR) is 145 cm³/mol. The summed E-state index contributed by atoms with van der Waals surface area (Å²) in [6, 6.07) is 5.93. The zero-order chi connectivity index (χ0) is 24.4. The molecule has 2 fully saturated rings. The van der Waals surface area contributed by atoms with Gasteiger partial charge in [0.2, 0.25) is 0 Å². The van der Waals surface area contributed by atoms with Crippen molar-refractivity contribution in [2.45, 2.75) is 44.4 Å². The SMILES string of the molecule is [B]c1cnc2c(c1)CCc1cc(Cl)cc([B])c1[C@H]2C1CCN(C(=O)CON=C2CCSCC2)CC1. The number of carbonyl (C=O) groups excluding carboxylic acids is 1. The first-order valence-corrected chi connectivity index (χ1v) is 13.9. The average Bonchev–Trinajstić information content (AvgIpc) is 3.01. The molecule has 1 amide bonds. The van der Waals surface area contributed by atoms with Gasteiger partial charge in [-0.2, -0.15) is 11.8 Å². The van der Waals surface area contributed by atoms with Gasteiger partial charge in [0.05, 0.1) is 11.4 Å². The highest BCUT2D eigenvalue weighted by Gasteiger charge is 2.35. The Balaban J connectivity index is 1.31. The Morgan fingerprint density at radius 3 is 2.63 bits per heavy atom. The number of fused-ring (bicyclic) bond motifs is 2. The number of halogens is 1. The van der Waals surface area contributed by atoms with E-state index in [2.05, 4.69) is 5.16 Å². The Hall–Kier alpha value is -1.92. The van der Waals surface area contributed by atoms with Crippen LogP contribution in [-0.2, 0) is 22.5 Å². The van der Waals surface area contributed by atoms with Crippen LogP contribution in [-0.4, -0.2) is 68.4 Å². The molecule has 3 heterocycles. The van der Waals surface area contributed by atoms with Crippen LogP contribution in [0, 0.1) is 5.92 Å². The van der Waals surface area contributed by atoms with Crippen molar-refractivity contribution in [1.29, 1.82) is 0 Å². The van der Waals surface area contributed by atoms with E-state index in [0.717, 1.165) is 72.5 Å². The van der Waals surface area contributed by atoms with E-state index in [-0.39, 0.29) is 18.4 Å². The number of thioether (sulfide) groups is 1. The quantitative estimate of drug-likeness (QED) is 0.476. The molecule has 0 spiro atoms. The molecule has 0 N–H and O–H groups in total. The van der Waals surface area contributed by atoms with E-state index in [9.17, 15) is 4.79 Å². The summed E-state index contributed by atoms with van der Waals surface area (Å²) >= 11 is 8.30. The van der Waals surface area contributed by atoms with E-state index >= 15 is 0 Å². The molecular formula is C26H28B2ClN3O2S. The summed E-state index contributed by atoms with van der Waals surface area (Å²) in [5.74, 6) is 2.53. The lowest BCUT2D eigenvalue weighted by atomic mass is 9.72. The number of oxime groups is 1. The number of pyridine rings is 1. The van der Waals surface area contributed by atoms with Crippen LogP contribution in [0.15, 0.2) is 29.6 Å². The van der Waals surface area contributed by atoms with E-state index in [1.165, 1.54) is 11.1 Å². The number of amides is 1. The van der Waals surface area contributed by atoms with Gasteiger partial charge in [0.25, 0.3) is 5.91 Å². The number of piperidine rings is 1. The van der Waals surface area contributed by atoms with Crippen molar-refractivity contribution in [3.8, 4) is 0 Å². The maximum atomic E-state index is 12.8. The molecule has 35 heavy (non-hydrogen) atoms. The fourth-order valence-corrected chi connectivity index (χ4v) is 6.83. The fraction of sp³-hybridized carbons (Fsp3) is 0.500. The van der Waals surface area contributed by atoms with Gasteiger partial charge in [0.1, 0.15) is 15.7 Å². The van der Waals surface area contributed by atoms with Crippen LogP contribution in [0.5, 0.6) is 0 Å². The fourth-order valence-electron chi connectivity index (χ4n) is 5.62. The second kappa shape index (κ2) is 11.0. The third kappa shape index (κ3) is 5.59. The lowest BCUT2D eigenvalue weighted by Gasteiger charge is -2.37. The minimum atomic E-state index is -0.00292. The number of nitrogens with zero attached hydrogens (tertiary/aromatic N) is 3. The number of aromatic nitrogens is 1. The molecule has 1 atom stereocenters. The Kier molecular flexibility index (Phi) is 7.78. The minimum absolute atomic E-state index is 0.00266. The van der Waals surface area contributed by atoms with Crippen LogP contribution in [0.25, 0.3) is 0 Å². The summed E-state index contributed by atoms with van der Waals surface area (Å²) in [4.78, 5) is 24.9. The molecule has 178 valence electrons. The second-order valence-corrected chi connectivity index (χ2v) is 11.3. The van der Waals surface area contributed by atoms with E-state index in [1.54, 1.807) is 6.20 Å². The standard InChI is InChI=1S/C26H28B2ClN3O2S/c27-19-11-18-2-1-17-12-20(29)13-22(28)24(17)25(26(18)30-14-19)16-3-7-32(8-4-16)23(33)15-34-31-21-5-9-35-10-6-21/h11-14,16,25H,1-10,15H2/t25-/m1/s1. The molecule has 1 aromatic heterocycles. The molecule has 0 bridgehead atoms. The molecule has 2 aliphatic heterocycles. The van der Waals surface area contributed by atoms with Gasteiger partial charge in [0, 0.05) is 30.2 Å². The molecule has 2 saturated heterocycles. The van der Waals surface area contributed by atoms with Gasteiger partial charge in [0.15, 0.2) is 6.61 Å². The highest BCUT2D eigenvalue weighted by molar-refractivity contribution is 7.99. The van der Waals surface area contributed by atoms with Crippen molar-refractivity contribution < 1.29 is 9.63 Å². The summed E-state index contributed by atoms with van der Waals surface area (Å²) in [5.41, 5.74) is 7.01. The maximum absolute atomic E-state index is 12.8. The monoisotopic (exact) mass is 503 g/mol. The topological polar surface area (TPSA) is 54.8 Å². The van der Waals surface area contributed by atoms with Crippen LogP contribution < -0.4 is 10.9 Å². The van der Waals surface area contributed by atoms with Crippen molar-refractivity contribution in [1.82, 2.24) is 9.88 Å². The smallest absolute Gasteiger partial charge is 0.263 e.